The summed E-state index contributed by atoms with van der Waals surface area (Å²) in [6.45, 7) is 4.59. The Kier molecular flexibility index (Phi) is 4.95. The van der Waals surface area contributed by atoms with Crippen LogP contribution >= 0.6 is 0 Å². The first kappa shape index (κ1) is 17.4. The fourth-order valence-electron chi connectivity index (χ4n) is 4.47. The molecule has 0 saturated heterocycles. The van der Waals surface area contributed by atoms with Crippen molar-refractivity contribution in [3.8, 4) is 0 Å². The van der Waals surface area contributed by atoms with E-state index in [9.17, 15) is 9.18 Å². The standard InChI is InChI=1S/C20H29FN2O/c1-20(2,16-7-4-8-17(21)11-16)12-23-19(24)15-9-13-5-3-6-14(10-15)18(13)22/h4,7-8,11,13-15,18H,3,5-6,9-10,12,22H2,1-2H3,(H,23,24). The van der Waals surface area contributed by atoms with E-state index in [0.717, 1.165) is 31.2 Å². The third-order valence-electron chi connectivity index (χ3n) is 6.09. The molecule has 3 rings (SSSR count). The highest BCUT2D eigenvalue weighted by Crippen LogP contribution is 2.41. The number of benzene rings is 1. The molecule has 24 heavy (non-hydrogen) atoms. The number of rotatable bonds is 4. The summed E-state index contributed by atoms with van der Waals surface area (Å²) in [5, 5.41) is 3.11. The molecule has 1 aromatic rings. The summed E-state index contributed by atoms with van der Waals surface area (Å²) >= 11 is 0. The molecule has 2 atom stereocenters. The van der Waals surface area contributed by atoms with Gasteiger partial charge in [-0.1, -0.05) is 32.4 Å². The van der Waals surface area contributed by atoms with Crippen LogP contribution < -0.4 is 11.1 Å². The lowest BCUT2D eigenvalue weighted by Gasteiger charge is -2.43. The van der Waals surface area contributed by atoms with Gasteiger partial charge in [-0.2, -0.15) is 0 Å². The quantitative estimate of drug-likeness (QED) is 0.888. The van der Waals surface area contributed by atoms with E-state index in [0.29, 0.717) is 18.4 Å². The molecular weight excluding hydrogens is 303 g/mol. The van der Waals surface area contributed by atoms with Crippen molar-refractivity contribution in [3.63, 3.8) is 0 Å². The van der Waals surface area contributed by atoms with E-state index in [2.05, 4.69) is 5.32 Å². The lowest BCUT2D eigenvalue weighted by molar-refractivity contribution is -0.128. The Morgan fingerprint density at radius 1 is 1.29 bits per heavy atom. The molecule has 0 aliphatic heterocycles. The molecule has 0 heterocycles. The van der Waals surface area contributed by atoms with Gasteiger partial charge in [-0.05, 0) is 55.2 Å². The molecule has 1 amide bonds. The monoisotopic (exact) mass is 332 g/mol. The zero-order chi connectivity index (χ0) is 17.3. The average Bonchev–Trinajstić information content (AvgIpc) is 2.52. The van der Waals surface area contributed by atoms with Crippen molar-refractivity contribution < 1.29 is 9.18 Å². The smallest absolute Gasteiger partial charge is 0.223 e. The zero-order valence-corrected chi connectivity index (χ0v) is 14.7. The van der Waals surface area contributed by atoms with Crippen LogP contribution in [0.3, 0.4) is 0 Å². The summed E-state index contributed by atoms with van der Waals surface area (Å²) in [5.74, 6) is 1.00. The molecule has 0 spiro atoms. The Balaban J connectivity index is 1.59. The zero-order valence-electron chi connectivity index (χ0n) is 14.7. The highest BCUT2D eigenvalue weighted by molar-refractivity contribution is 5.79. The Labute approximate surface area is 144 Å². The van der Waals surface area contributed by atoms with E-state index in [4.69, 9.17) is 5.73 Å². The van der Waals surface area contributed by atoms with Crippen molar-refractivity contribution in [1.82, 2.24) is 5.32 Å². The number of hydrogen-bond donors (Lipinski definition) is 2. The lowest BCUT2D eigenvalue weighted by atomic mass is 9.65. The minimum absolute atomic E-state index is 0.0865. The number of halogens is 1. The van der Waals surface area contributed by atoms with Crippen molar-refractivity contribution in [1.29, 1.82) is 0 Å². The van der Waals surface area contributed by atoms with Gasteiger partial charge in [0.2, 0.25) is 5.91 Å². The van der Waals surface area contributed by atoms with Crippen molar-refractivity contribution in [2.24, 2.45) is 23.5 Å². The molecule has 2 unspecified atom stereocenters. The number of nitrogens with two attached hydrogens (primary N) is 1. The Morgan fingerprint density at radius 3 is 2.58 bits per heavy atom. The topological polar surface area (TPSA) is 55.1 Å². The molecule has 0 aromatic heterocycles. The Morgan fingerprint density at radius 2 is 1.96 bits per heavy atom. The van der Waals surface area contributed by atoms with Gasteiger partial charge in [-0.3, -0.25) is 4.79 Å². The molecule has 2 fully saturated rings. The van der Waals surface area contributed by atoms with Gasteiger partial charge in [0.05, 0.1) is 0 Å². The Hall–Kier alpha value is -1.42. The predicted octanol–water partition coefficient (Wildman–Crippen LogP) is 3.37. The van der Waals surface area contributed by atoms with Crippen LogP contribution in [0.2, 0.25) is 0 Å². The van der Waals surface area contributed by atoms with Gasteiger partial charge in [0.25, 0.3) is 0 Å². The number of amides is 1. The van der Waals surface area contributed by atoms with Crippen LogP contribution in [0.5, 0.6) is 0 Å². The highest BCUT2D eigenvalue weighted by atomic mass is 19.1. The van der Waals surface area contributed by atoms with E-state index in [-0.39, 0.29) is 29.1 Å². The molecule has 3 N–H and O–H groups in total. The van der Waals surface area contributed by atoms with Crippen molar-refractivity contribution in [2.75, 3.05) is 6.54 Å². The minimum atomic E-state index is -0.293. The van der Waals surface area contributed by atoms with E-state index in [1.165, 1.54) is 12.5 Å². The average molecular weight is 332 g/mol. The van der Waals surface area contributed by atoms with Crippen molar-refractivity contribution >= 4 is 5.91 Å². The summed E-state index contributed by atoms with van der Waals surface area (Å²) < 4.78 is 13.5. The summed E-state index contributed by atoms with van der Waals surface area (Å²) in [4.78, 5) is 12.7. The van der Waals surface area contributed by atoms with Crippen LogP contribution in [0.25, 0.3) is 0 Å². The summed E-state index contributed by atoms with van der Waals surface area (Å²) in [7, 11) is 0. The third kappa shape index (κ3) is 3.64. The number of carbonyl (C=O) groups is 1. The molecule has 4 heteroatoms. The first-order valence-corrected chi connectivity index (χ1v) is 9.16. The first-order valence-electron chi connectivity index (χ1n) is 9.16. The first-order chi connectivity index (χ1) is 11.4. The molecule has 1 aromatic carbocycles. The van der Waals surface area contributed by atoms with E-state index in [1.807, 2.05) is 19.9 Å². The number of nitrogens with one attached hydrogen (secondary N) is 1. The second kappa shape index (κ2) is 6.83. The van der Waals surface area contributed by atoms with E-state index < -0.39 is 0 Å². The van der Waals surface area contributed by atoms with Gasteiger partial charge in [0.1, 0.15) is 5.82 Å². The lowest BCUT2D eigenvalue weighted by Crippen LogP contribution is -2.50. The molecule has 2 bridgehead atoms. The van der Waals surface area contributed by atoms with Crippen LogP contribution in [0.4, 0.5) is 4.39 Å². The maximum Gasteiger partial charge on any atom is 0.223 e. The minimum Gasteiger partial charge on any atom is -0.355 e. The number of carbonyl (C=O) groups excluding carboxylic acids is 1. The molecule has 3 nitrogen and oxygen atoms in total. The van der Waals surface area contributed by atoms with Gasteiger partial charge >= 0.3 is 0 Å². The largest absolute Gasteiger partial charge is 0.355 e. The highest BCUT2D eigenvalue weighted by Gasteiger charge is 2.40. The normalized spacial score (nSPS) is 30.0. The van der Waals surface area contributed by atoms with Crippen LogP contribution in [0.1, 0.15) is 51.5 Å². The third-order valence-corrected chi connectivity index (χ3v) is 6.09. The van der Waals surface area contributed by atoms with Crippen molar-refractivity contribution in [3.05, 3.63) is 35.6 Å². The number of hydrogen-bond acceptors (Lipinski definition) is 2. The fourth-order valence-corrected chi connectivity index (χ4v) is 4.47. The summed E-state index contributed by atoms with van der Waals surface area (Å²) in [6, 6.07) is 6.92. The molecule has 2 aliphatic carbocycles. The molecular formula is C20H29FN2O. The van der Waals surface area contributed by atoms with Crippen LogP contribution in [0.15, 0.2) is 24.3 Å². The van der Waals surface area contributed by atoms with Gasteiger partial charge < -0.3 is 11.1 Å². The van der Waals surface area contributed by atoms with Gasteiger partial charge in [0, 0.05) is 23.9 Å². The second-order valence-electron chi connectivity index (χ2n) is 8.31. The SMILES string of the molecule is CC(C)(CNC(=O)C1CC2CCCC(C1)C2N)c1cccc(F)c1. The summed E-state index contributed by atoms with van der Waals surface area (Å²) in [5.41, 5.74) is 6.93. The molecule has 0 radical (unpaired) electrons. The van der Waals surface area contributed by atoms with Crippen LogP contribution in [-0.4, -0.2) is 18.5 Å². The van der Waals surface area contributed by atoms with Crippen LogP contribution in [-0.2, 0) is 10.2 Å². The van der Waals surface area contributed by atoms with Gasteiger partial charge in [-0.25, -0.2) is 4.39 Å². The van der Waals surface area contributed by atoms with E-state index >= 15 is 0 Å². The predicted molar refractivity (Wildman–Crippen MR) is 94.0 cm³/mol. The second-order valence-corrected chi connectivity index (χ2v) is 8.31. The maximum atomic E-state index is 13.5. The summed E-state index contributed by atoms with van der Waals surface area (Å²) in [6.07, 6.45) is 5.42. The molecule has 2 saturated carbocycles. The number of fused-ring (bicyclic) bond motifs is 2. The van der Waals surface area contributed by atoms with Crippen molar-refractivity contribution in [2.45, 2.75) is 57.4 Å². The van der Waals surface area contributed by atoms with Gasteiger partial charge in [-0.15, -0.1) is 0 Å². The fraction of sp³-hybridized carbons (Fsp3) is 0.650. The Bertz CT molecular complexity index is 587. The maximum absolute atomic E-state index is 13.5. The van der Waals surface area contributed by atoms with E-state index in [1.54, 1.807) is 12.1 Å². The molecule has 2 aliphatic rings. The molecule has 132 valence electrons. The van der Waals surface area contributed by atoms with Gasteiger partial charge in [0.15, 0.2) is 0 Å². The van der Waals surface area contributed by atoms with Crippen LogP contribution in [0, 0.1) is 23.6 Å².